The number of hydrogen-bond donors (Lipinski definition) is 3. The molecule has 3 N–H and O–H groups in total. The summed E-state index contributed by atoms with van der Waals surface area (Å²) in [5.74, 6) is 1.69. The van der Waals surface area contributed by atoms with Gasteiger partial charge in [0.1, 0.15) is 0 Å². The maximum atomic E-state index is 12.1. The lowest BCUT2D eigenvalue weighted by Crippen LogP contribution is -2.66. The summed E-state index contributed by atoms with van der Waals surface area (Å²) in [6.45, 7) is 4.78. The van der Waals surface area contributed by atoms with Gasteiger partial charge in [0.25, 0.3) is 0 Å². The van der Waals surface area contributed by atoms with Crippen molar-refractivity contribution in [3.8, 4) is 0 Å². The fourth-order valence-electron chi connectivity index (χ4n) is 6.72. The molecule has 3 saturated carbocycles. The number of carbonyl (C=O) groups excluding carboxylic acids is 2. The first kappa shape index (κ1) is 16.9. The van der Waals surface area contributed by atoms with Crippen molar-refractivity contribution in [2.75, 3.05) is 7.05 Å². The molecule has 4 aliphatic rings. The second kappa shape index (κ2) is 5.75. The van der Waals surface area contributed by atoms with Crippen LogP contribution in [-0.4, -0.2) is 31.1 Å². The van der Waals surface area contributed by atoms with Crippen LogP contribution in [0.15, 0.2) is 12.2 Å². The van der Waals surface area contributed by atoms with Gasteiger partial charge in [-0.05, 0) is 61.3 Å². The minimum atomic E-state index is -0.102. The highest BCUT2D eigenvalue weighted by molar-refractivity contribution is 5.89. The Kier molecular flexibility index (Phi) is 3.89. The van der Waals surface area contributed by atoms with E-state index in [9.17, 15) is 9.59 Å². The summed E-state index contributed by atoms with van der Waals surface area (Å²) in [5, 5.41) is 9.14. The standard InChI is InChI=1S/C20H31N3O2/c1-19-8-4-5-12(19)17-13(6-9-19)20(2)10-7-16(24)23-15(20)11-14(17)22-18(25)21-3/h7,10,12-15,17H,4-6,8-9,11H2,1-3H3,(H,23,24)(H2,21,22,25)/t12-,13-,14?,15+,17-,19-,20+/m0/s1. The van der Waals surface area contributed by atoms with Gasteiger partial charge in [-0.1, -0.05) is 26.3 Å². The van der Waals surface area contributed by atoms with Crippen LogP contribution in [0.25, 0.3) is 0 Å². The molecule has 25 heavy (non-hydrogen) atoms. The Morgan fingerprint density at radius 2 is 2.04 bits per heavy atom. The van der Waals surface area contributed by atoms with E-state index in [1.165, 1.54) is 32.1 Å². The highest BCUT2D eigenvalue weighted by Crippen LogP contribution is 2.63. The van der Waals surface area contributed by atoms with E-state index in [4.69, 9.17) is 0 Å². The number of urea groups is 1. The minimum Gasteiger partial charge on any atom is -0.349 e. The Morgan fingerprint density at radius 1 is 1.24 bits per heavy atom. The Morgan fingerprint density at radius 3 is 2.80 bits per heavy atom. The van der Waals surface area contributed by atoms with Gasteiger partial charge >= 0.3 is 6.03 Å². The van der Waals surface area contributed by atoms with Gasteiger partial charge in [-0.25, -0.2) is 4.79 Å². The van der Waals surface area contributed by atoms with E-state index >= 15 is 0 Å². The van der Waals surface area contributed by atoms with E-state index in [-0.39, 0.29) is 29.4 Å². The Balaban J connectivity index is 1.72. The molecule has 0 aromatic rings. The normalized spacial score (nSPS) is 48.0. The monoisotopic (exact) mass is 345 g/mol. The summed E-state index contributed by atoms with van der Waals surface area (Å²) >= 11 is 0. The van der Waals surface area contributed by atoms with E-state index in [0.717, 1.165) is 6.42 Å². The third-order valence-corrected chi connectivity index (χ3v) is 8.07. The predicted molar refractivity (Wildman–Crippen MR) is 96.8 cm³/mol. The van der Waals surface area contributed by atoms with Crippen LogP contribution < -0.4 is 16.0 Å². The lowest BCUT2D eigenvalue weighted by Gasteiger charge is -2.60. The maximum Gasteiger partial charge on any atom is 0.314 e. The maximum absolute atomic E-state index is 12.1. The number of fused-ring (bicyclic) bond motifs is 5. The number of rotatable bonds is 1. The number of carbonyl (C=O) groups is 2. The lowest BCUT2D eigenvalue weighted by molar-refractivity contribution is -0.123. The third-order valence-electron chi connectivity index (χ3n) is 8.07. The molecule has 5 heteroatoms. The quantitative estimate of drug-likeness (QED) is 0.684. The van der Waals surface area contributed by atoms with Crippen LogP contribution in [0.4, 0.5) is 4.79 Å². The molecule has 0 spiro atoms. The molecule has 0 aromatic heterocycles. The molecule has 3 amide bonds. The van der Waals surface area contributed by atoms with Gasteiger partial charge in [-0.3, -0.25) is 4.79 Å². The van der Waals surface area contributed by atoms with E-state index in [2.05, 4.69) is 35.9 Å². The molecular formula is C20H31N3O2. The largest absolute Gasteiger partial charge is 0.349 e. The minimum absolute atomic E-state index is 0.00105. The molecule has 3 fully saturated rings. The first-order valence-electron chi connectivity index (χ1n) is 9.85. The molecule has 5 nitrogen and oxygen atoms in total. The van der Waals surface area contributed by atoms with Crippen LogP contribution in [0.5, 0.6) is 0 Å². The Bertz CT molecular complexity index is 618. The van der Waals surface area contributed by atoms with Crippen LogP contribution in [0.2, 0.25) is 0 Å². The van der Waals surface area contributed by atoms with Crippen molar-refractivity contribution in [1.82, 2.24) is 16.0 Å². The third kappa shape index (κ3) is 2.49. The zero-order valence-electron chi connectivity index (χ0n) is 15.6. The van der Waals surface area contributed by atoms with Gasteiger partial charge in [0.2, 0.25) is 5.91 Å². The highest BCUT2D eigenvalue weighted by Gasteiger charge is 2.60. The predicted octanol–water partition coefficient (Wildman–Crippen LogP) is 2.58. The molecule has 1 aliphatic heterocycles. The van der Waals surface area contributed by atoms with Crippen LogP contribution >= 0.6 is 0 Å². The fourth-order valence-corrected chi connectivity index (χ4v) is 6.72. The van der Waals surface area contributed by atoms with Crippen molar-refractivity contribution in [3.05, 3.63) is 12.2 Å². The smallest absolute Gasteiger partial charge is 0.314 e. The molecule has 4 rings (SSSR count). The molecule has 0 saturated heterocycles. The average Bonchev–Trinajstić information content (AvgIpc) is 2.97. The van der Waals surface area contributed by atoms with Crippen LogP contribution in [0.3, 0.4) is 0 Å². The van der Waals surface area contributed by atoms with Crippen molar-refractivity contribution in [2.45, 2.75) is 64.5 Å². The van der Waals surface area contributed by atoms with Gasteiger partial charge in [-0.15, -0.1) is 0 Å². The molecule has 138 valence electrons. The molecular weight excluding hydrogens is 314 g/mol. The van der Waals surface area contributed by atoms with E-state index in [1.54, 1.807) is 13.1 Å². The summed E-state index contributed by atoms with van der Waals surface area (Å²) in [7, 11) is 1.67. The van der Waals surface area contributed by atoms with E-state index in [1.807, 2.05) is 0 Å². The van der Waals surface area contributed by atoms with Crippen molar-refractivity contribution < 1.29 is 9.59 Å². The lowest BCUT2D eigenvalue weighted by atomic mass is 9.47. The summed E-state index contributed by atoms with van der Waals surface area (Å²) < 4.78 is 0. The molecule has 0 radical (unpaired) electrons. The van der Waals surface area contributed by atoms with Gasteiger partial charge in [0.15, 0.2) is 0 Å². The van der Waals surface area contributed by atoms with Gasteiger partial charge in [0, 0.05) is 24.5 Å². The summed E-state index contributed by atoms with van der Waals surface area (Å²) in [5.41, 5.74) is 0.429. The summed E-state index contributed by atoms with van der Waals surface area (Å²) in [4.78, 5) is 24.0. The fraction of sp³-hybridized carbons (Fsp3) is 0.800. The zero-order chi connectivity index (χ0) is 17.8. The molecule has 1 unspecified atom stereocenters. The van der Waals surface area contributed by atoms with Crippen LogP contribution in [0, 0.1) is 28.6 Å². The summed E-state index contributed by atoms with van der Waals surface area (Å²) in [6.07, 6.45) is 11.1. The van der Waals surface area contributed by atoms with Crippen LogP contribution in [-0.2, 0) is 4.79 Å². The van der Waals surface area contributed by atoms with E-state index in [0.29, 0.717) is 23.2 Å². The molecule has 3 aliphatic carbocycles. The Hall–Kier alpha value is -1.52. The van der Waals surface area contributed by atoms with Gasteiger partial charge < -0.3 is 16.0 Å². The van der Waals surface area contributed by atoms with Crippen LogP contribution in [0.1, 0.15) is 52.4 Å². The molecule has 0 bridgehead atoms. The second-order valence-electron chi connectivity index (χ2n) is 9.20. The molecule has 1 heterocycles. The first-order valence-corrected chi connectivity index (χ1v) is 9.85. The van der Waals surface area contributed by atoms with Crippen molar-refractivity contribution >= 4 is 11.9 Å². The SMILES string of the molecule is CNC(=O)NC1C[C@H]2NC(=O)C=C[C@]2(C)[C@H]2CC[C@]3(C)CCC[C@H]3[C@H]12. The summed E-state index contributed by atoms with van der Waals surface area (Å²) in [6, 6.07) is 0.145. The highest BCUT2D eigenvalue weighted by atomic mass is 16.2. The Labute approximate surface area is 150 Å². The average molecular weight is 345 g/mol. The number of amides is 3. The number of hydrogen-bond acceptors (Lipinski definition) is 2. The van der Waals surface area contributed by atoms with E-state index < -0.39 is 0 Å². The van der Waals surface area contributed by atoms with Crippen molar-refractivity contribution in [3.63, 3.8) is 0 Å². The molecule has 0 aromatic carbocycles. The van der Waals surface area contributed by atoms with Gasteiger partial charge in [0.05, 0.1) is 0 Å². The van der Waals surface area contributed by atoms with Crippen molar-refractivity contribution in [1.29, 1.82) is 0 Å². The molecule has 7 atom stereocenters. The topological polar surface area (TPSA) is 70.2 Å². The van der Waals surface area contributed by atoms with Crippen molar-refractivity contribution in [2.24, 2.45) is 28.6 Å². The zero-order valence-corrected chi connectivity index (χ0v) is 15.6. The number of nitrogens with one attached hydrogen (secondary N) is 3. The second-order valence-corrected chi connectivity index (χ2v) is 9.20. The van der Waals surface area contributed by atoms with Gasteiger partial charge in [-0.2, -0.15) is 0 Å². The first-order chi connectivity index (χ1) is 11.9.